The second kappa shape index (κ2) is 7.86. The number of benzene rings is 1. The molecule has 0 atom stereocenters. The van der Waals surface area contributed by atoms with Gasteiger partial charge >= 0.3 is 0 Å². The van der Waals surface area contributed by atoms with Gasteiger partial charge in [0.25, 0.3) is 5.91 Å². The molecule has 0 saturated heterocycles. The lowest BCUT2D eigenvalue weighted by atomic mass is 10.1. The topological polar surface area (TPSA) is 74.0 Å². The predicted octanol–water partition coefficient (Wildman–Crippen LogP) is 2.68. The van der Waals surface area contributed by atoms with Crippen molar-refractivity contribution < 1.29 is 9.53 Å². The number of hydrogen-bond donors (Lipinski definition) is 1. The predicted molar refractivity (Wildman–Crippen MR) is 97.8 cm³/mol. The number of nitrogens with one attached hydrogen (secondary N) is 1. The van der Waals surface area contributed by atoms with Crippen molar-refractivity contribution >= 4 is 5.91 Å². The van der Waals surface area contributed by atoms with Gasteiger partial charge in [0.1, 0.15) is 11.4 Å². The lowest BCUT2D eigenvalue weighted by molar-refractivity contribution is 0.0944. The summed E-state index contributed by atoms with van der Waals surface area (Å²) >= 11 is 0. The molecule has 0 aliphatic carbocycles. The van der Waals surface area contributed by atoms with Crippen LogP contribution in [0.3, 0.4) is 0 Å². The summed E-state index contributed by atoms with van der Waals surface area (Å²) in [5.41, 5.74) is 3.58. The van der Waals surface area contributed by atoms with Gasteiger partial charge in [-0.25, -0.2) is 4.68 Å². The largest absolute Gasteiger partial charge is 0.471 e. The van der Waals surface area contributed by atoms with Crippen LogP contribution >= 0.6 is 0 Å². The number of nitrogens with zero attached hydrogens (tertiary/aromatic N) is 4. The molecule has 0 aliphatic heterocycles. The molecule has 26 heavy (non-hydrogen) atoms. The minimum Gasteiger partial charge on any atom is -0.471 e. The molecule has 0 bridgehead atoms. The molecule has 3 aromatic rings. The lowest BCUT2D eigenvalue weighted by Gasteiger charge is -2.09. The second-order valence-electron chi connectivity index (χ2n) is 6.17. The first-order valence-electron chi connectivity index (χ1n) is 8.58. The zero-order valence-corrected chi connectivity index (χ0v) is 15.3. The smallest absolute Gasteiger partial charge is 0.272 e. The van der Waals surface area contributed by atoms with Crippen LogP contribution in [-0.2, 0) is 19.8 Å². The Morgan fingerprint density at radius 2 is 2.08 bits per heavy atom. The highest BCUT2D eigenvalue weighted by atomic mass is 16.5. The van der Waals surface area contributed by atoms with Gasteiger partial charge in [-0.2, -0.15) is 10.2 Å². The van der Waals surface area contributed by atoms with Crippen LogP contribution in [-0.4, -0.2) is 25.5 Å². The van der Waals surface area contributed by atoms with Crippen LogP contribution in [0.15, 0.2) is 42.9 Å². The minimum atomic E-state index is -0.223. The molecule has 0 saturated carbocycles. The van der Waals surface area contributed by atoms with E-state index in [0.717, 1.165) is 23.4 Å². The fourth-order valence-corrected chi connectivity index (χ4v) is 2.60. The summed E-state index contributed by atoms with van der Waals surface area (Å²) in [7, 11) is 0. The van der Waals surface area contributed by atoms with E-state index in [4.69, 9.17) is 4.74 Å². The van der Waals surface area contributed by atoms with E-state index in [1.54, 1.807) is 23.1 Å². The summed E-state index contributed by atoms with van der Waals surface area (Å²) < 4.78 is 9.19. The van der Waals surface area contributed by atoms with Gasteiger partial charge in [-0.05, 0) is 38.5 Å². The van der Waals surface area contributed by atoms with Crippen molar-refractivity contribution in [3.05, 3.63) is 65.2 Å². The zero-order chi connectivity index (χ0) is 18.5. The average Bonchev–Trinajstić information content (AvgIpc) is 3.28. The summed E-state index contributed by atoms with van der Waals surface area (Å²) in [4.78, 5) is 12.2. The van der Waals surface area contributed by atoms with Crippen LogP contribution in [0.2, 0.25) is 0 Å². The number of carbonyl (C=O) groups excluding carboxylic acids is 1. The summed E-state index contributed by atoms with van der Waals surface area (Å²) in [6.07, 6.45) is 5.39. The Morgan fingerprint density at radius 1 is 1.23 bits per heavy atom. The molecule has 0 aliphatic rings. The lowest BCUT2D eigenvalue weighted by Crippen LogP contribution is -2.23. The van der Waals surface area contributed by atoms with Gasteiger partial charge in [-0.3, -0.25) is 9.48 Å². The summed E-state index contributed by atoms with van der Waals surface area (Å²) in [6, 6.07) is 7.69. The number of amides is 1. The normalized spacial score (nSPS) is 10.7. The van der Waals surface area contributed by atoms with E-state index in [-0.39, 0.29) is 12.6 Å². The van der Waals surface area contributed by atoms with Crippen molar-refractivity contribution in [3.63, 3.8) is 0 Å². The third kappa shape index (κ3) is 4.30. The third-order valence-electron chi connectivity index (χ3n) is 4.02. The monoisotopic (exact) mass is 353 g/mol. The van der Waals surface area contributed by atoms with E-state index in [1.165, 1.54) is 5.56 Å². The van der Waals surface area contributed by atoms with Gasteiger partial charge in [-0.1, -0.05) is 17.7 Å². The third-order valence-corrected chi connectivity index (χ3v) is 4.02. The van der Waals surface area contributed by atoms with Gasteiger partial charge < -0.3 is 10.1 Å². The van der Waals surface area contributed by atoms with Gasteiger partial charge in [0.2, 0.25) is 0 Å². The van der Waals surface area contributed by atoms with Crippen LogP contribution < -0.4 is 10.1 Å². The zero-order valence-electron chi connectivity index (χ0n) is 15.3. The van der Waals surface area contributed by atoms with Crippen molar-refractivity contribution in [2.45, 2.75) is 40.6 Å². The van der Waals surface area contributed by atoms with Crippen LogP contribution in [0.1, 0.15) is 34.1 Å². The van der Waals surface area contributed by atoms with Crippen molar-refractivity contribution in [1.29, 1.82) is 0 Å². The summed E-state index contributed by atoms with van der Waals surface area (Å²) in [5.74, 6) is 0.588. The maximum atomic E-state index is 12.2. The molecule has 0 spiro atoms. The molecule has 1 aromatic carbocycles. The quantitative estimate of drug-likeness (QED) is 0.709. The highest BCUT2D eigenvalue weighted by Gasteiger charge is 2.10. The molecule has 136 valence electrons. The second-order valence-corrected chi connectivity index (χ2v) is 6.17. The van der Waals surface area contributed by atoms with Crippen molar-refractivity contribution in [2.75, 3.05) is 0 Å². The highest BCUT2D eigenvalue weighted by molar-refractivity contribution is 5.92. The molecule has 2 heterocycles. The van der Waals surface area contributed by atoms with E-state index >= 15 is 0 Å². The summed E-state index contributed by atoms with van der Waals surface area (Å²) in [5, 5.41) is 11.3. The number of ether oxygens (including phenoxy) is 1. The first kappa shape index (κ1) is 17.7. The van der Waals surface area contributed by atoms with Crippen LogP contribution in [0.5, 0.6) is 5.75 Å². The Labute approximate surface area is 152 Å². The molecule has 1 N–H and O–H groups in total. The van der Waals surface area contributed by atoms with E-state index in [2.05, 4.69) is 21.6 Å². The molecule has 0 radical (unpaired) electrons. The van der Waals surface area contributed by atoms with Crippen molar-refractivity contribution in [2.24, 2.45) is 0 Å². The molecule has 3 rings (SSSR count). The molecular weight excluding hydrogens is 330 g/mol. The standard InChI is InChI=1S/C19H23N5O2/c1-4-23-12-16(11-21-23)10-20-19(25)17-7-8-24(22-17)13-26-18-6-5-14(2)9-15(18)3/h5-9,11-12H,4,10,13H2,1-3H3,(H,20,25). The Kier molecular flexibility index (Phi) is 5.36. The van der Waals surface area contributed by atoms with Crippen LogP contribution in [0, 0.1) is 13.8 Å². The number of carbonyl (C=O) groups is 1. The molecular formula is C19H23N5O2. The number of aryl methyl sites for hydroxylation is 3. The Hall–Kier alpha value is -3.09. The molecule has 2 aromatic heterocycles. The van der Waals surface area contributed by atoms with E-state index in [0.29, 0.717) is 12.2 Å². The fourth-order valence-electron chi connectivity index (χ4n) is 2.60. The Morgan fingerprint density at radius 3 is 2.81 bits per heavy atom. The Bertz CT molecular complexity index is 897. The number of rotatable bonds is 7. The minimum absolute atomic E-state index is 0.223. The fraction of sp³-hybridized carbons (Fsp3) is 0.316. The highest BCUT2D eigenvalue weighted by Crippen LogP contribution is 2.19. The van der Waals surface area contributed by atoms with Crippen LogP contribution in [0.4, 0.5) is 0 Å². The molecule has 0 fully saturated rings. The average molecular weight is 353 g/mol. The van der Waals surface area contributed by atoms with Gasteiger partial charge in [-0.15, -0.1) is 0 Å². The molecule has 7 heteroatoms. The van der Waals surface area contributed by atoms with E-state index < -0.39 is 0 Å². The first-order valence-corrected chi connectivity index (χ1v) is 8.58. The van der Waals surface area contributed by atoms with E-state index in [1.807, 2.05) is 43.8 Å². The van der Waals surface area contributed by atoms with Crippen LogP contribution in [0.25, 0.3) is 0 Å². The van der Waals surface area contributed by atoms with Crippen molar-refractivity contribution in [1.82, 2.24) is 24.9 Å². The Balaban J connectivity index is 1.54. The first-order chi connectivity index (χ1) is 12.5. The van der Waals surface area contributed by atoms with E-state index in [9.17, 15) is 4.79 Å². The van der Waals surface area contributed by atoms with Gasteiger partial charge in [0.05, 0.1) is 6.20 Å². The molecule has 7 nitrogen and oxygen atoms in total. The maximum absolute atomic E-state index is 12.2. The van der Waals surface area contributed by atoms with Gasteiger partial charge in [0, 0.05) is 31.0 Å². The number of aromatic nitrogens is 4. The number of hydrogen-bond acceptors (Lipinski definition) is 4. The van der Waals surface area contributed by atoms with Crippen molar-refractivity contribution in [3.8, 4) is 5.75 Å². The maximum Gasteiger partial charge on any atom is 0.272 e. The summed E-state index contributed by atoms with van der Waals surface area (Å²) in [6.45, 7) is 7.54. The van der Waals surface area contributed by atoms with Gasteiger partial charge in [0.15, 0.2) is 6.73 Å². The molecule has 0 unspecified atom stereocenters. The molecule has 1 amide bonds. The SMILES string of the molecule is CCn1cc(CNC(=O)c2ccn(COc3ccc(C)cc3C)n2)cn1.